The molecule has 0 spiro atoms. The molecule has 1 saturated carbocycles. The second-order valence-corrected chi connectivity index (χ2v) is 11.3. The Morgan fingerprint density at radius 2 is 1.55 bits per heavy atom. The molecule has 2 aromatic carbocycles. The highest BCUT2D eigenvalue weighted by atomic mass is 32.2. The summed E-state index contributed by atoms with van der Waals surface area (Å²) in [6.07, 6.45) is -1.46. The van der Waals surface area contributed by atoms with Crippen LogP contribution in [-0.4, -0.2) is 79.0 Å². The fraction of sp³-hybridized carbons (Fsp3) is 0.400. The van der Waals surface area contributed by atoms with Crippen LogP contribution in [0.3, 0.4) is 0 Å². The maximum atomic E-state index is 11.7. The number of carboxylic acid groups (broad SMARTS) is 1. The van der Waals surface area contributed by atoms with Gasteiger partial charge in [0.15, 0.2) is 21.5 Å². The van der Waals surface area contributed by atoms with Crippen molar-refractivity contribution in [3.05, 3.63) is 54.1 Å². The minimum Gasteiger partial charge on any atom is -0.475 e. The lowest BCUT2D eigenvalue weighted by Gasteiger charge is -2.36. The highest BCUT2D eigenvalue weighted by Gasteiger charge is 2.38. The van der Waals surface area contributed by atoms with Crippen LogP contribution < -0.4 is 10.2 Å². The SMILES string of the molecule is CS(=O)(=O)c1ccc(CN2CCN(c3nc4ccccc4nc3NC3CC3)CC2)cc1.O=C(O)C(F)(F)F. The summed E-state index contributed by atoms with van der Waals surface area (Å²) in [7, 11) is -3.15. The van der Waals surface area contributed by atoms with Crippen molar-refractivity contribution in [2.45, 2.75) is 36.5 Å². The van der Waals surface area contributed by atoms with Gasteiger partial charge in [0.05, 0.1) is 15.9 Å². The van der Waals surface area contributed by atoms with Gasteiger partial charge in [0.2, 0.25) is 0 Å². The van der Waals surface area contributed by atoms with E-state index < -0.39 is 22.0 Å². The van der Waals surface area contributed by atoms with Crippen LogP contribution in [0.4, 0.5) is 24.8 Å². The fourth-order valence-electron chi connectivity index (χ4n) is 3.95. The van der Waals surface area contributed by atoms with Crippen LogP contribution >= 0.6 is 0 Å². The molecule has 2 aliphatic rings. The van der Waals surface area contributed by atoms with Crippen molar-refractivity contribution in [1.29, 1.82) is 0 Å². The third-order valence-electron chi connectivity index (χ3n) is 6.14. The predicted molar refractivity (Wildman–Crippen MR) is 137 cm³/mol. The van der Waals surface area contributed by atoms with E-state index in [1.165, 1.54) is 19.1 Å². The lowest BCUT2D eigenvalue weighted by atomic mass is 10.2. The maximum absolute atomic E-state index is 11.7. The van der Waals surface area contributed by atoms with Gasteiger partial charge in [-0.25, -0.2) is 23.2 Å². The van der Waals surface area contributed by atoms with Crippen molar-refractivity contribution >= 4 is 38.5 Å². The largest absolute Gasteiger partial charge is 0.490 e. The van der Waals surface area contributed by atoms with E-state index in [0.29, 0.717) is 10.9 Å². The second kappa shape index (κ2) is 11.1. The highest BCUT2D eigenvalue weighted by Crippen LogP contribution is 2.31. The van der Waals surface area contributed by atoms with Crippen molar-refractivity contribution in [1.82, 2.24) is 14.9 Å². The Kier molecular flexibility index (Phi) is 8.07. The van der Waals surface area contributed by atoms with E-state index in [1.807, 2.05) is 36.4 Å². The molecule has 13 heteroatoms. The van der Waals surface area contributed by atoms with Gasteiger partial charge >= 0.3 is 12.1 Å². The number of carbonyl (C=O) groups is 1. The van der Waals surface area contributed by atoms with Crippen LogP contribution in [-0.2, 0) is 21.2 Å². The molecular formula is C25H28F3N5O4S. The summed E-state index contributed by atoms with van der Waals surface area (Å²) in [5.74, 6) is -0.915. The van der Waals surface area contributed by atoms with Gasteiger partial charge in [0.25, 0.3) is 0 Å². The monoisotopic (exact) mass is 551 g/mol. The van der Waals surface area contributed by atoms with Crippen molar-refractivity contribution in [2.75, 3.05) is 42.7 Å². The van der Waals surface area contributed by atoms with Gasteiger partial charge in [0, 0.05) is 45.0 Å². The zero-order valence-electron chi connectivity index (χ0n) is 20.6. The summed E-state index contributed by atoms with van der Waals surface area (Å²) in [6.45, 7) is 4.42. The summed E-state index contributed by atoms with van der Waals surface area (Å²) in [6, 6.07) is 15.8. The van der Waals surface area contributed by atoms with Gasteiger partial charge in [-0.05, 0) is 42.7 Å². The zero-order chi connectivity index (χ0) is 27.5. The number of fused-ring (bicyclic) bond motifs is 1. The van der Waals surface area contributed by atoms with Crippen molar-refractivity contribution in [3.63, 3.8) is 0 Å². The number of benzene rings is 2. The fourth-order valence-corrected chi connectivity index (χ4v) is 4.58. The molecule has 2 N–H and O–H groups in total. The lowest BCUT2D eigenvalue weighted by molar-refractivity contribution is -0.192. The number of hydrogen-bond acceptors (Lipinski definition) is 8. The van der Waals surface area contributed by atoms with Gasteiger partial charge in [-0.1, -0.05) is 24.3 Å². The second-order valence-electron chi connectivity index (χ2n) is 9.29. The Morgan fingerprint density at radius 1 is 1.00 bits per heavy atom. The van der Waals surface area contributed by atoms with Crippen molar-refractivity contribution in [3.8, 4) is 0 Å². The Bertz CT molecular complexity index is 1390. The number of rotatable bonds is 6. The van der Waals surface area contributed by atoms with Crippen LogP contribution in [0, 0.1) is 0 Å². The molecule has 38 heavy (non-hydrogen) atoms. The molecular weight excluding hydrogens is 523 g/mol. The zero-order valence-corrected chi connectivity index (χ0v) is 21.5. The Balaban J connectivity index is 0.000000426. The molecule has 9 nitrogen and oxygen atoms in total. The highest BCUT2D eigenvalue weighted by molar-refractivity contribution is 7.90. The number of piperazine rings is 1. The van der Waals surface area contributed by atoms with Gasteiger partial charge in [-0.3, -0.25) is 4.90 Å². The molecule has 5 rings (SSSR count). The molecule has 0 atom stereocenters. The molecule has 204 valence electrons. The summed E-state index contributed by atoms with van der Waals surface area (Å²) < 4.78 is 55.0. The Morgan fingerprint density at radius 3 is 2.05 bits per heavy atom. The predicted octanol–water partition coefficient (Wildman–Crippen LogP) is 3.56. The first-order valence-corrected chi connectivity index (χ1v) is 13.9. The van der Waals surface area contributed by atoms with Gasteiger partial charge in [-0.15, -0.1) is 0 Å². The van der Waals surface area contributed by atoms with E-state index in [1.54, 1.807) is 12.1 Å². The van der Waals surface area contributed by atoms with Crippen LogP contribution in [0.25, 0.3) is 11.0 Å². The van der Waals surface area contributed by atoms with E-state index in [2.05, 4.69) is 15.1 Å². The molecule has 1 saturated heterocycles. The van der Waals surface area contributed by atoms with Gasteiger partial charge in [-0.2, -0.15) is 13.2 Å². The standard InChI is InChI=1S/C23H27N5O2S.C2HF3O2/c1-31(29,30)19-10-6-17(7-11-19)16-27-12-14-28(15-13-27)23-22(24-18-8-9-18)25-20-4-2-3-5-21(20)26-23;3-2(4,5)1(6)7/h2-7,10-11,18H,8-9,12-16H2,1H3,(H,24,25);(H,6,7). The number of aromatic nitrogens is 2. The number of alkyl halides is 3. The number of sulfone groups is 1. The summed E-state index contributed by atoms with van der Waals surface area (Å²) in [5, 5.41) is 10.7. The lowest BCUT2D eigenvalue weighted by Crippen LogP contribution is -2.46. The molecule has 0 unspecified atom stereocenters. The molecule has 0 bridgehead atoms. The van der Waals surface area contributed by atoms with Gasteiger partial charge < -0.3 is 15.3 Å². The number of aliphatic carboxylic acids is 1. The van der Waals surface area contributed by atoms with E-state index in [-0.39, 0.29) is 0 Å². The number of anilines is 2. The first kappa shape index (κ1) is 27.6. The Labute approximate surface area is 218 Å². The number of carboxylic acids is 1. The first-order chi connectivity index (χ1) is 17.9. The molecule has 2 fully saturated rings. The third kappa shape index (κ3) is 7.32. The quantitative estimate of drug-likeness (QED) is 0.474. The van der Waals surface area contributed by atoms with Gasteiger partial charge in [0.1, 0.15) is 0 Å². The summed E-state index contributed by atoms with van der Waals surface area (Å²) in [5.41, 5.74) is 2.97. The summed E-state index contributed by atoms with van der Waals surface area (Å²) in [4.78, 5) is 23.8. The van der Waals surface area contributed by atoms with Crippen molar-refractivity contribution in [2.24, 2.45) is 0 Å². The average Bonchev–Trinajstić information content (AvgIpc) is 3.68. The van der Waals surface area contributed by atoms with Crippen LogP contribution in [0.15, 0.2) is 53.4 Å². The minimum absolute atomic E-state index is 0.367. The topological polar surface area (TPSA) is 116 Å². The van der Waals surface area contributed by atoms with Crippen LogP contribution in [0.1, 0.15) is 18.4 Å². The van der Waals surface area contributed by atoms with Crippen molar-refractivity contribution < 1.29 is 31.5 Å². The number of para-hydroxylation sites is 2. The van der Waals surface area contributed by atoms with Crippen LogP contribution in [0.2, 0.25) is 0 Å². The molecule has 2 heterocycles. The number of nitrogens with one attached hydrogen (secondary N) is 1. The Hall–Kier alpha value is -3.45. The molecule has 1 aliphatic carbocycles. The average molecular weight is 552 g/mol. The normalized spacial score (nSPS) is 16.6. The van der Waals surface area contributed by atoms with E-state index in [9.17, 15) is 21.6 Å². The third-order valence-corrected chi connectivity index (χ3v) is 7.27. The smallest absolute Gasteiger partial charge is 0.475 e. The minimum atomic E-state index is -5.08. The van der Waals surface area contributed by atoms with E-state index >= 15 is 0 Å². The molecule has 1 aliphatic heterocycles. The van der Waals surface area contributed by atoms with E-state index in [4.69, 9.17) is 19.9 Å². The molecule has 3 aromatic rings. The molecule has 1 aromatic heterocycles. The molecule has 0 radical (unpaired) electrons. The number of hydrogen-bond donors (Lipinski definition) is 2. The maximum Gasteiger partial charge on any atom is 0.490 e. The summed E-state index contributed by atoms with van der Waals surface area (Å²) >= 11 is 0. The number of nitrogens with zero attached hydrogens (tertiary/aromatic N) is 4. The molecule has 0 amide bonds. The number of halogens is 3. The van der Waals surface area contributed by atoms with Crippen LogP contribution in [0.5, 0.6) is 0 Å². The van der Waals surface area contributed by atoms with E-state index in [0.717, 1.165) is 61.0 Å². The first-order valence-electron chi connectivity index (χ1n) is 12.0.